The molecule has 0 aliphatic heterocycles. The lowest BCUT2D eigenvalue weighted by molar-refractivity contribution is -0.141. The summed E-state index contributed by atoms with van der Waals surface area (Å²) in [5.74, 6) is 0.343. The molecule has 0 saturated carbocycles. The maximum absolute atomic E-state index is 11.6. The van der Waals surface area contributed by atoms with Gasteiger partial charge in [-0.3, -0.25) is 9.59 Å². The highest BCUT2D eigenvalue weighted by Gasteiger charge is 2.11. The molecule has 22 heavy (non-hydrogen) atoms. The summed E-state index contributed by atoms with van der Waals surface area (Å²) in [7, 11) is 0. The largest absolute Gasteiger partial charge is 0.458 e. The molecule has 0 aliphatic rings. The van der Waals surface area contributed by atoms with Crippen LogP contribution in [0.3, 0.4) is 0 Å². The zero-order valence-corrected chi connectivity index (χ0v) is 13.8. The number of esters is 1. The lowest BCUT2D eigenvalue weighted by atomic mass is 10.5. The fraction of sp³-hybridized carbons (Fsp3) is 0.364. The molecule has 2 aromatic heterocycles. The summed E-state index contributed by atoms with van der Waals surface area (Å²) in [6, 6.07) is 1.60. The standard InChI is InChI=1S/C11H11ClN4O4S2/c1-6-2-8(15-20-6)13-9(17)4-21-5-10(18)19-3-7-11(12)22-16-14-7/h2H,3-5H2,1H3,(H,13,15,17). The van der Waals surface area contributed by atoms with Crippen molar-refractivity contribution in [3.8, 4) is 0 Å². The minimum atomic E-state index is -0.459. The molecule has 0 bridgehead atoms. The minimum absolute atomic E-state index is 0.0286. The van der Waals surface area contributed by atoms with E-state index in [0.29, 0.717) is 21.6 Å². The zero-order chi connectivity index (χ0) is 15.9. The van der Waals surface area contributed by atoms with Crippen LogP contribution < -0.4 is 5.32 Å². The molecule has 1 N–H and O–H groups in total. The second-order valence-electron chi connectivity index (χ2n) is 4.02. The maximum Gasteiger partial charge on any atom is 0.316 e. The molecule has 118 valence electrons. The van der Waals surface area contributed by atoms with E-state index >= 15 is 0 Å². The van der Waals surface area contributed by atoms with E-state index in [2.05, 4.69) is 20.1 Å². The van der Waals surface area contributed by atoms with Gasteiger partial charge in [0.05, 0.1) is 11.5 Å². The second-order valence-corrected chi connectivity index (χ2v) is 6.36. The first-order chi connectivity index (χ1) is 10.5. The molecule has 0 fully saturated rings. The number of nitrogens with zero attached hydrogens (tertiary/aromatic N) is 3. The van der Waals surface area contributed by atoms with Gasteiger partial charge in [-0.1, -0.05) is 21.2 Å². The third-order valence-electron chi connectivity index (χ3n) is 2.23. The first-order valence-corrected chi connectivity index (χ1v) is 8.28. The number of thioether (sulfide) groups is 1. The van der Waals surface area contributed by atoms with E-state index in [1.165, 1.54) is 0 Å². The van der Waals surface area contributed by atoms with E-state index in [-0.39, 0.29) is 24.0 Å². The monoisotopic (exact) mass is 362 g/mol. The van der Waals surface area contributed by atoms with E-state index in [0.717, 1.165) is 23.3 Å². The minimum Gasteiger partial charge on any atom is -0.458 e. The lowest BCUT2D eigenvalue weighted by Gasteiger charge is -2.03. The summed E-state index contributed by atoms with van der Waals surface area (Å²) in [6.07, 6.45) is 0. The Hall–Kier alpha value is -1.65. The Bertz CT molecular complexity index is 660. The summed E-state index contributed by atoms with van der Waals surface area (Å²) in [4.78, 5) is 23.1. The topological polar surface area (TPSA) is 107 Å². The van der Waals surface area contributed by atoms with E-state index < -0.39 is 5.97 Å². The lowest BCUT2D eigenvalue weighted by Crippen LogP contribution is -2.16. The molecule has 0 radical (unpaired) electrons. The Labute approximate surface area is 138 Å². The third-order valence-corrected chi connectivity index (χ3v) is 4.12. The van der Waals surface area contributed by atoms with Crippen molar-refractivity contribution in [2.75, 3.05) is 16.8 Å². The number of anilines is 1. The number of halogens is 1. The zero-order valence-electron chi connectivity index (χ0n) is 11.4. The van der Waals surface area contributed by atoms with Crippen LogP contribution in [0.25, 0.3) is 0 Å². The van der Waals surface area contributed by atoms with Gasteiger partial charge < -0.3 is 14.6 Å². The van der Waals surface area contributed by atoms with E-state index in [1.807, 2.05) is 0 Å². The van der Waals surface area contributed by atoms with E-state index in [9.17, 15) is 9.59 Å². The molecule has 0 aliphatic carbocycles. The van der Waals surface area contributed by atoms with Gasteiger partial charge in [-0.25, -0.2) is 0 Å². The fourth-order valence-corrected chi connectivity index (χ4v) is 2.52. The Kier molecular flexibility index (Phi) is 6.16. The molecule has 11 heteroatoms. The molecule has 2 heterocycles. The molecule has 0 spiro atoms. The summed E-state index contributed by atoms with van der Waals surface area (Å²) < 4.78 is 13.8. The van der Waals surface area contributed by atoms with Gasteiger partial charge in [0.15, 0.2) is 5.82 Å². The van der Waals surface area contributed by atoms with Gasteiger partial charge in [0.2, 0.25) is 5.91 Å². The van der Waals surface area contributed by atoms with Crippen molar-refractivity contribution in [1.29, 1.82) is 0 Å². The molecule has 0 saturated heterocycles. The van der Waals surface area contributed by atoms with Crippen molar-refractivity contribution in [2.45, 2.75) is 13.5 Å². The Morgan fingerprint density at radius 2 is 2.32 bits per heavy atom. The van der Waals surface area contributed by atoms with Crippen LogP contribution in [-0.4, -0.2) is 38.1 Å². The highest BCUT2D eigenvalue weighted by atomic mass is 35.5. The van der Waals surface area contributed by atoms with Crippen LogP contribution in [0.2, 0.25) is 4.34 Å². The SMILES string of the molecule is Cc1cc(NC(=O)CSCC(=O)OCc2nnsc2Cl)no1. The molecule has 2 aromatic rings. The number of rotatable bonds is 7. The first-order valence-electron chi connectivity index (χ1n) is 5.98. The van der Waals surface area contributed by atoms with Gasteiger partial charge in [0.25, 0.3) is 0 Å². The van der Waals surface area contributed by atoms with Crippen molar-refractivity contribution in [1.82, 2.24) is 14.7 Å². The van der Waals surface area contributed by atoms with Crippen molar-refractivity contribution >= 4 is 52.6 Å². The second kappa shape index (κ2) is 8.11. The molecule has 0 unspecified atom stereocenters. The number of carbonyl (C=O) groups excluding carboxylic acids is 2. The molecule has 0 atom stereocenters. The normalized spacial score (nSPS) is 10.5. The smallest absolute Gasteiger partial charge is 0.316 e. The number of aryl methyl sites for hydroxylation is 1. The van der Waals surface area contributed by atoms with Gasteiger partial charge in [0, 0.05) is 17.6 Å². The first kappa shape index (κ1) is 16.7. The number of hydrogen-bond acceptors (Lipinski definition) is 9. The molecule has 2 rings (SSSR count). The predicted molar refractivity (Wildman–Crippen MR) is 81.9 cm³/mol. The molecule has 8 nitrogen and oxygen atoms in total. The predicted octanol–water partition coefficient (Wildman–Crippen LogP) is 1.90. The van der Waals surface area contributed by atoms with Gasteiger partial charge >= 0.3 is 5.97 Å². The molecule has 1 amide bonds. The highest BCUT2D eigenvalue weighted by molar-refractivity contribution is 8.00. The summed E-state index contributed by atoms with van der Waals surface area (Å²) in [5, 5.41) is 9.90. The molecular formula is C11H11ClN4O4S2. The van der Waals surface area contributed by atoms with Crippen molar-refractivity contribution in [2.24, 2.45) is 0 Å². The average Bonchev–Trinajstić information content (AvgIpc) is 3.05. The number of aromatic nitrogens is 3. The van der Waals surface area contributed by atoms with Crippen molar-refractivity contribution in [3.05, 3.63) is 21.9 Å². The van der Waals surface area contributed by atoms with Gasteiger partial charge in [-0.2, -0.15) is 0 Å². The Morgan fingerprint density at radius 3 is 2.95 bits per heavy atom. The molecule has 0 aromatic carbocycles. The van der Waals surface area contributed by atoms with Gasteiger partial charge in [0.1, 0.15) is 22.4 Å². The van der Waals surface area contributed by atoms with E-state index in [4.69, 9.17) is 20.9 Å². The van der Waals surface area contributed by atoms with E-state index in [1.54, 1.807) is 13.0 Å². The van der Waals surface area contributed by atoms with Gasteiger partial charge in [-0.05, 0) is 6.92 Å². The maximum atomic E-state index is 11.6. The van der Waals surface area contributed by atoms with Crippen LogP contribution in [0, 0.1) is 6.92 Å². The summed E-state index contributed by atoms with van der Waals surface area (Å²) in [6.45, 7) is 1.69. The number of amides is 1. The van der Waals surface area contributed by atoms with Crippen molar-refractivity contribution < 1.29 is 18.8 Å². The van der Waals surface area contributed by atoms with Crippen molar-refractivity contribution in [3.63, 3.8) is 0 Å². The Morgan fingerprint density at radius 1 is 1.50 bits per heavy atom. The number of hydrogen-bond donors (Lipinski definition) is 1. The third kappa shape index (κ3) is 5.28. The quantitative estimate of drug-likeness (QED) is 0.744. The number of carbonyl (C=O) groups is 2. The van der Waals surface area contributed by atoms with Crippen LogP contribution in [0.15, 0.2) is 10.6 Å². The van der Waals surface area contributed by atoms with Crippen LogP contribution in [0.1, 0.15) is 11.5 Å². The van der Waals surface area contributed by atoms with Crippen LogP contribution in [0.4, 0.5) is 5.82 Å². The van der Waals surface area contributed by atoms with Crippen LogP contribution >= 0.6 is 34.9 Å². The van der Waals surface area contributed by atoms with Crippen LogP contribution in [-0.2, 0) is 20.9 Å². The summed E-state index contributed by atoms with van der Waals surface area (Å²) >= 11 is 7.93. The molecular weight excluding hydrogens is 352 g/mol. The highest BCUT2D eigenvalue weighted by Crippen LogP contribution is 2.18. The fourth-order valence-electron chi connectivity index (χ4n) is 1.30. The average molecular weight is 363 g/mol. The summed E-state index contributed by atoms with van der Waals surface area (Å²) in [5.41, 5.74) is 0.421. The Balaban J connectivity index is 1.62. The van der Waals surface area contributed by atoms with Gasteiger partial charge in [-0.15, -0.1) is 16.9 Å². The number of ether oxygens (including phenoxy) is 1. The van der Waals surface area contributed by atoms with Crippen LogP contribution in [0.5, 0.6) is 0 Å². The number of nitrogens with one attached hydrogen (secondary N) is 1.